The molecule has 3 aromatic rings. The topological polar surface area (TPSA) is 121 Å². The van der Waals surface area contributed by atoms with Crippen LogP contribution in [-0.4, -0.2) is 14.9 Å². The van der Waals surface area contributed by atoms with Crippen LogP contribution >= 0.6 is 0 Å². The molecule has 0 fully saturated rings. The van der Waals surface area contributed by atoms with Gasteiger partial charge in [0.1, 0.15) is 0 Å². The van der Waals surface area contributed by atoms with Gasteiger partial charge in [0, 0.05) is 36.0 Å². The molecule has 1 aromatic heterocycles. The molecule has 0 unspecified atom stereocenters. The van der Waals surface area contributed by atoms with Crippen LogP contribution in [0.15, 0.2) is 46.0 Å². The van der Waals surface area contributed by atoms with Crippen LogP contribution < -0.4 is 16.4 Å². The normalized spacial score (nSPS) is 10.6. The first kappa shape index (κ1) is 14.5. The molecule has 2 aromatic carbocycles. The lowest BCUT2D eigenvalue weighted by atomic mass is 10.1. The standard InChI is InChI=1S/C15H11N4O4/c20-14-15(21)18-13-9(8-16-10-4-2-1-3-5-10)6-11(19(22)23)7-12(13)17-14/h1-4,6-7,16H,8H2,(H,17,20)(H,18,21). The van der Waals surface area contributed by atoms with E-state index < -0.39 is 16.0 Å². The third-order valence-electron chi connectivity index (χ3n) is 3.29. The largest absolute Gasteiger partial charge is 0.380 e. The smallest absolute Gasteiger partial charge is 0.314 e. The summed E-state index contributed by atoms with van der Waals surface area (Å²) in [6.07, 6.45) is 0. The van der Waals surface area contributed by atoms with Crippen molar-refractivity contribution in [3.63, 3.8) is 0 Å². The van der Waals surface area contributed by atoms with Crippen LogP contribution in [0.1, 0.15) is 5.56 Å². The minimum absolute atomic E-state index is 0.172. The van der Waals surface area contributed by atoms with Crippen molar-refractivity contribution in [1.29, 1.82) is 0 Å². The van der Waals surface area contributed by atoms with E-state index in [2.05, 4.69) is 21.4 Å². The Hall–Kier alpha value is -3.42. The lowest BCUT2D eigenvalue weighted by molar-refractivity contribution is -0.384. The summed E-state index contributed by atoms with van der Waals surface area (Å²) in [7, 11) is 0. The molecule has 3 N–H and O–H groups in total. The summed E-state index contributed by atoms with van der Waals surface area (Å²) in [5.74, 6) is 0. The number of nitrogens with one attached hydrogen (secondary N) is 3. The number of rotatable bonds is 4. The van der Waals surface area contributed by atoms with Crippen molar-refractivity contribution < 1.29 is 4.92 Å². The highest BCUT2D eigenvalue weighted by molar-refractivity contribution is 5.80. The molecule has 115 valence electrons. The number of fused-ring (bicyclic) bond motifs is 1. The van der Waals surface area contributed by atoms with Crippen LogP contribution in [0, 0.1) is 16.2 Å². The molecule has 0 aliphatic carbocycles. The van der Waals surface area contributed by atoms with Crippen molar-refractivity contribution in [2.24, 2.45) is 0 Å². The molecule has 0 aliphatic rings. The summed E-state index contributed by atoms with van der Waals surface area (Å²) in [5.41, 5.74) is -0.0822. The van der Waals surface area contributed by atoms with E-state index in [4.69, 9.17) is 0 Å². The third-order valence-corrected chi connectivity index (χ3v) is 3.29. The summed E-state index contributed by atoms with van der Waals surface area (Å²) < 4.78 is 0. The number of aromatic nitrogens is 2. The van der Waals surface area contributed by atoms with Gasteiger partial charge in [0.15, 0.2) is 0 Å². The maximum Gasteiger partial charge on any atom is 0.314 e. The maximum atomic E-state index is 11.5. The van der Waals surface area contributed by atoms with Gasteiger partial charge in [-0.05, 0) is 6.07 Å². The summed E-state index contributed by atoms with van der Waals surface area (Å²) in [6, 6.07) is 12.7. The van der Waals surface area contributed by atoms with Gasteiger partial charge in [-0.3, -0.25) is 19.7 Å². The Bertz CT molecular complexity index is 992. The molecule has 0 atom stereocenters. The fourth-order valence-corrected chi connectivity index (χ4v) is 2.22. The zero-order valence-electron chi connectivity index (χ0n) is 11.8. The van der Waals surface area contributed by atoms with Crippen molar-refractivity contribution in [3.8, 4) is 0 Å². The number of hydrogen-bond donors (Lipinski definition) is 3. The fourth-order valence-electron chi connectivity index (χ4n) is 2.22. The second kappa shape index (κ2) is 5.76. The molecule has 3 rings (SSSR count). The van der Waals surface area contributed by atoms with Crippen molar-refractivity contribution >= 4 is 22.4 Å². The second-order valence-electron chi connectivity index (χ2n) is 4.82. The Labute approximate surface area is 129 Å². The third kappa shape index (κ3) is 2.95. The first-order valence-electron chi connectivity index (χ1n) is 6.69. The quantitative estimate of drug-likeness (QED) is 0.383. The number of hydrogen-bond acceptors (Lipinski definition) is 5. The van der Waals surface area contributed by atoms with Gasteiger partial charge in [-0.15, -0.1) is 0 Å². The molecule has 0 spiro atoms. The predicted molar refractivity (Wildman–Crippen MR) is 84.4 cm³/mol. The van der Waals surface area contributed by atoms with E-state index >= 15 is 0 Å². The number of nitro groups is 1. The molecule has 8 nitrogen and oxygen atoms in total. The van der Waals surface area contributed by atoms with Gasteiger partial charge < -0.3 is 15.3 Å². The number of aromatic amines is 2. The van der Waals surface area contributed by atoms with Crippen LogP contribution in [0.4, 0.5) is 11.4 Å². The first-order chi connectivity index (χ1) is 11.0. The monoisotopic (exact) mass is 311 g/mol. The summed E-state index contributed by atoms with van der Waals surface area (Å²) >= 11 is 0. The molecular formula is C15H11N4O4. The minimum atomic E-state index is -0.853. The molecule has 23 heavy (non-hydrogen) atoms. The fraction of sp³-hybridized carbons (Fsp3) is 0.0667. The SMILES string of the molecule is O=c1[nH]c2cc([N+](=O)[O-])cc(CNc3[c]cccc3)c2[nH]c1=O. The van der Waals surface area contributed by atoms with Crippen LogP contribution in [0.2, 0.25) is 0 Å². The Balaban J connectivity index is 2.09. The summed E-state index contributed by atoms with van der Waals surface area (Å²) in [4.78, 5) is 38.2. The van der Waals surface area contributed by atoms with Gasteiger partial charge in [0.25, 0.3) is 5.69 Å². The van der Waals surface area contributed by atoms with Crippen molar-refractivity contribution in [1.82, 2.24) is 9.97 Å². The molecule has 0 aliphatic heterocycles. The highest BCUT2D eigenvalue weighted by Gasteiger charge is 2.13. The Morgan fingerprint density at radius 3 is 2.65 bits per heavy atom. The average Bonchev–Trinajstić information content (AvgIpc) is 2.54. The van der Waals surface area contributed by atoms with E-state index in [9.17, 15) is 19.7 Å². The number of H-pyrrole nitrogens is 2. The molecule has 8 heteroatoms. The number of non-ortho nitro benzene ring substituents is 1. The maximum absolute atomic E-state index is 11.5. The van der Waals surface area contributed by atoms with Gasteiger partial charge >= 0.3 is 11.1 Å². The number of para-hydroxylation sites is 1. The zero-order valence-corrected chi connectivity index (χ0v) is 11.8. The first-order valence-corrected chi connectivity index (χ1v) is 6.69. The molecule has 0 saturated heterocycles. The molecule has 0 amide bonds. The van der Waals surface area contributed by atoms with Crippen molar-refractivity contribution in [3.05, 3.63) is 78.8 Å². The summed E-state index contributed by atoms with van der Waals surface area (Å²) in [5, 5.41) is 14.1. The minimum Gasteiger partial charge on any atom is -0.380 e. The number of nitrogens with zero attached hydrogens (tertiary/aromatic N) is 1. The van der Waals surface area contributed by atoms with Crippen LogP contribution in [0.5, 0.6) is 0 Å². The van der Waals surface area contributed by atoms with E-state index in [1.54, 1.807) is 12.1 Å². The van der Waals surface area contributed by atoms with E-state index in [0.29, 0.717) is 16.8 Å². The van der Waals surface area contributed by atoms with E-state index in [-0.39, 0.29) is 17.7 Å². The average molecular weight is 311 g/mol. The Morgan fingerprint density at radius 2 is 1.96 bits per heavy atom. The van der Waals surface area contributed by atoms with Gasteiger partial charge in [0.05, 0.1) is 16.0 Å². The summed E-state index contributed by atoms with van der Waals surface area (Å²) in [6.45, 7) is 0.223. The van der Waals surface area contributed by atoms with E-state index in [0.717, 1.165) is 0 Å². The molecular weight excluding hydrogens is 300 g/mol. The highest BCUT2D eigenvalue weighted by atomic mass is 16.6. The number of benzene rings is 2. The molecule has 0 bridgehead atoms. The zero-order chi connectivity index (χ0) is 16.4. The Kier molecular flexibility index (Phi) is 3.63. The Morgan fingerprint density at radius 1 is 1.17 bits per heavy atom. The van der Waals surface area contributed by atoms with Gasteiger partial charge in [-0.25, -0.2) is 0 Å². The lowest BCUT2D eigenvalue weighted by Crippen LogP contribution is -2.29. The van der Waals surface area contributed by atoms with Gasteiger partial charge in [0.2, 0.25) is 0 Å². The molecule has 1 radical (unpaired) electrons. The molecule has 1 heterocycles. The lowest BCUT2D eigenvalue weighted by Gasteiger charge is -2.09. The van der Waals surface area contributed by atoms with Gasteiger partial charge in [-0.1, -0.05) is 18.2 Å². The van der Waals surface area contributed by atoms with Gasteiger partial charge in [-0.2, -0.15) is 0 Å². The number of nitro benzene ring substituents is 1. The predicted octanol–water partition coefficient (Wildman–Crippen LogP) is 1.54. The number of anilines is 1. The molecule has 0 saturated carbocycles. The van der Waals surface area contributed by atoms with E-state index in [1.807, 2.05) is 12.1 Å². The van der Waals surface area contributed by atoms with Crippen molar-refractivity contribution in [2.75, 3.05) is 5.32 Å². The van der Waals surface area contributed by atoms with Crippen LogP contribution in [-0.2, 0) is 6.54 Å². The van der Waals surface area contributed by atoms with Crippen molar-refractivity contribution in [2.45, 2.75) is 6.54 Å². The van der Waals surface area contributed by atoms with Crippen LogP contribution in [0.3, 0.4) is 0 Å². The highest BCUT2D eigenvalue weighted by Crippen LogP contribution is 2.22. The van der Waals surface area contributed by atoms with E-state index in [1.165, 1.54) is 12.1 Å². The second-order valence-corrected chi connectivity index (χ2v) is 4.82. The van der Waals surface area contributed by atoms with Crippen LogP contribution in [0.25, 0.3) is 11.0 Å².